The molecule has 0 radical (unpaired) electrons. The fraction of sp³-hybridized carbons (Fsp3) is 0.0222. The van der Waals surface area contributed by atoms with Gasteiger partial charge in [0.25, 0.3) is 0 Å². The van der Waals surface area contributed by atoms with Gasteiger partial charge >= 0.3 is 0 Å². The van der Waals surface area contributed by atoms with E-state index in [1.807, 2.05) is 78.9 Å². The average molecular weight is 595 g/mol. The Balaban J connectivity index is 1.22. The molecule has 0 saturated heterocycles. The molecule has 0 amide bonds. The minimum atomic E-state index is -1.14. The van der Waals surface area contributed by atoms with E-state index in [4.69, 9.17) is 18.4 Å². The van der Waals surface area contributed by atoms with Crippen molar-refractivity contribution in [3.8, 4) is 56.0 Å². The molecule has 0 fully saturated rings. The normalized spacial score (nSPS) is 19.7. The second-order valence-electron chi connectivity index (χ2n) is 11.9. The summed E-state index contributed by atoms with van der Waals surface area (Å²) in [6.07, 6.45) is 0. The van der Waals surface area contributed by atoms with Crippen LogP contribution in [0.4, 0.5) is 0 Å². The lowest BCUT2D eigenvalue weighted by Crippen LogP contribution is -2.25. The molecule has 46 heavy (non-hydrogen) atoms. The first-order chi connectivity index (χ1) is 27.8. The summed E-state index contributed by atoms with van der Waals surface area (Å²) in [4.78, 5) is 0. The van der Waals surface area contributed by atoms with E-state index in [9.17, 15) is 2.74 Å². The van der Waals surface area contributed by atoms with Crippen LogP contribution in [0.1, 0.15) is 38.7 Å². The third-order valence-corrected chi connectivity index (χ3v) is 9.78. The molecular formula is C45H26O. The van der Waals surface area contributed by atoms with Gasteiger partial charge in [-0.2, -0.15) is 0 Å². The van der Waals surface area contributed by atoms with Crippen LogP contribution in [0.2, 0.25) is 0 Å². The maximum atomic E-state index is 9.69. The molecule has 11 rings (SSSR count). The zero-order chi connectivity index (χ0) is 40.4. The molecule has 0 saturated carbocycles. The number of ether oxygens (including phenoxy) is 1. The van der Waals surface area contributed by atoms with Gasteiger partial charge in [0.2, 0.25) is 0 Å². The average Bonchev–Trinajstić information content (AvgIpc) is 3.70. The summed E-state index contributed by atoms with van der Waals surface area (Å²) in [5.74, 6) is 0.275. The van der Waals surface area contributed by atoms with E-state index in [1.54, 1.807) is 6.07 Å². The van der Waals surface area contributed by atoms with E-state index in [0.717, 1.165) is 33.4 Å². The van der Waals surface area contributed by atoms with Gasteiger partial charge in [0.05, 0.1) is 21.9 Å². The smallest absolute Gasteiger partial charge is 0.135 e. The first-order valence-electron chi connectivity index (χ1n) is 21.0. The van der Waals surface area contributed by atoms with Gasteiger partial charge in [-0.1, -0.05) is 133 Å². The first kappa shape index (κ1) is 15.9. The summed E-state index contributed by atoms with van der Waals surface area (Å²) >= 11 is 0. The molecule has 8 aromatic carbocycles. The number of hydrogen-bond donors (Lipinski definition) is 0. The lowest BCUT2D eigenvalue weighted by molar-refractivity contribution is 0.487. The van der Waals surface area contributed by atoms with Crippen LogP contribution in [0.5, 0.6) is 11.5 Å². The zero-order valence-corrected chi connectivity index (χ0v) is 24.0. The van der Waals surface area contributed by atoms with Crippen LogP contribution in [0.15, 0.2) is 157 Å². The Morgan fingerprint density at radius 2 is 1.17 bits per heavy atom. The van der Waals surface area contributed by atoms with Crippen LogP contribution < -0.4 is 4.74 Å². The van der Waals surface area contributed by atoms with Crippen LogP contribution >= 0.6 is 0 Å². The molecule has 3 aliphatic rings. The van der Waals surface area contributed by atoms with E-state index in [0.29, 0.717) is 33.6 Å². The van der Waals surface area contributed by atoms with Crippen LogP contribution in [-0.4, -0.2) is 0 Å². The predicted octanol–water partition coefficient (Wildman–Crippen LogP) is 11.8. The first-order valence-corrected chi connectivity index (χ1v) is 15.0. The SMILES string of the molecule is [2H]c1c([2H])c([2H])c2c3c(c([2H])c([2H])c2c1[2H])C1(c2ccccc2-c2ccc(-c4ccc5c(c4)-c4c([2H])c([2H])c([2H])c6c([2H])c([2H])c([2H])c(c46)O5)cc21)c1ccccc1-3. The van der Waals surface area contributed by atoms with E-state index >= 15 is 0 Å². The second kappa shape index (κ2) is 8.62. The number of hydrogen-bond acceptors (Lipinski definition) is 1. The molecule has 212 valence electrons. The summed E-state index contributed by atoms with van der Waals surface area (Å²) in [6.45, 7) is 0. The predicted molar refractivity (Wildman–Crippen MR) is 189 cm³/mol. The van der Waals surface area contributed by atoms with Crippen molar-refractivity contribution in [2.24, 2.45) is 0 Å². The molecule has 2 aliphatic carbocycles. The highest BCUT2D eigenvalue weighted by Gasteiger charge is 2.52. The molecule has 0 N–H and O–H groups in total. The zero-order valence-electron chi connectivity index (χ0n) is 36.0. The van der Waals surface area contributed by atoms with Gasteiger partial charge < -0.3 is 4.74 Å². The fourth-order valence-corrected chi connectivity index (χ4v) is 7.96. The molecule has 8 aromatic rings. The lowest BCUT2D eigenvalue weighted by Gasteiger charge is -2.31. The molecule has 1 heteroatoms. The van der Waals surface area contributed by atoms with Crippen LogP contribution in [0.3, 0.4) is 0 Å². The minimum Gasteiger partial charge on any atom is -0.456 e. The molecule has 1 heterocycles. The highest BCUT2D eigenvalue weighted by molar-refractivity contribution is 6.07. The standard InChI is InChI=1S/C45H26O/c1-2-12-31-27(9-1)20-23-39-44(31)35-14-4-6-17-38(35)45(39)37-16-5-3-13-32(37)33-22-19-30(26-40(33)45)29-21-24-41-36(25-29)34-15-7-10-28-11-8-18-42(46-41)43(28)34/h1-26H/i1D,2D,7D,8D,9D,10D,11D,12D,15D,18D,20D,23D. The van der Waals surface area contributed by atoms with Gasteiger partial charge in [-0.15, -0.1) is 0 Å². The highest BCUT2D eigenvalue weighted by atomic mass is 16.5. The Morgan fingerprint density at radius 3 is 2.09 bits per heavy atom. The topological polar surface area (TPSA) is 9.23 Å². The summed E-state index contributed by atoms with van der Waals surface area (Å²) in [6, 6.07) is 22.9. The molecule has 1 atom stereocenters. The fourth-order valence-electron chi connectivity index (χ4n) is 7.96. The number of rotatable bonds is 1. The van der Waals surface area contributed by atoms with Gasteiger partial charge in [0, 0.05) is 10.9 Å². The van der Waals surface area contributed by atoms with Gasteiger partial charge in [0.1, 0.15) is 11.5 Å². The highest BCUT2D eigenvalue weighted by Crippen LogP contribution is 2.64. The largest absolute Gasteiger partial charge is 0.456 e. The van der Waals surface area contributed by atoms with Crippen molar-refractivity contribution >= 4 is 21.5 Å². The molecule has 1 nitrogen and oxygen atoms in total. The Hall–Kier alpha value is -5.92. The monoisotopic (exact) mass is 594 g/mol. The third kappa shape index (κ3) is 2.91. The van der Waals surface area contributed by atoms with Crippen molar-refractivity contribution in [2.75, 3.05) is 0 Å². The van der Waals surface area contributed by atoms with E-state index in [-0.39, 0.29) is 81.2 Å². The summed E-state index contributed by atoms with van der Waals surface area (Å²) in [7, 11) is 0. The quantitative estimate of drug-likeness (QED) is 0.184. The van der Waals surface area contributed by atoms with Crippen molar-refractivity contribution in [1.29, 1.82) is 0 Å². The Bertz CT molecular complexity index is 3290. The van der Waals surface area contributed by atoms with Gasteiger partial charge in [-0.05, 0) is 102 Å². The van der Waals surface area contributed by atoms with E-state index in [2.05, 4.69) is 0 Å². The summed E-state index contributed by atoms with van der Waals surface area (Å²) in [5.41, 5.74) is 7.03. The minimum absolute atomic E-state index is 0.00546. The van der Waals surface area contributed by atoms with Crippen LogP contribution in [-0.2, 0) is 5.41 Å². The van der Waals surface area contributed by atoms with Gasteiger partial charge in [0.15, 0.2) is 0 Å². The lowest BCUT2D eigenvalue weighted by atomic mass is 9.70. The molecule has 1 aliphatic heterocycles. The van der Waals surface area contributed by atoms with Crippen LogP contribution in [0.25, 0.3) is 66.1 Å². The molecule has 0 bridgehead atoms. The van der Waals surface area contributed by atoms with Gasteiger partial charge in [-0.25, -0.2) is 0 Å². The Kier molecular flexibility index (Phi) is 2.98. The van der Waals surface area contributed by atoms with Crippen LogP contribution in [0, 0.1) is 0 Å². The maximum Gasteiger partial charge on any atom is 0.135 e. The van der Waals surface area contributed by atoms with Gasteiger partial charge in [-0.3, -0.25) is 0 Å². The Morgan fingerprint density at radius 1 is 0.457 bits per heavy atom. The number of fused-ring (bicyclic) bond motifs is 14. The van der Waals surface area contributed by atoms with Crippen molar-refractivity contribution in [3.05, 3.63) is 180 Å². The van der Waals surface area contributed by atoms with E-state index < -0.39 is 29.6 Å². The molecular weight excluding hydrogens is 556 g/mol. The maximum absolute atomic E-state index is 9.69. The van der Waals surface area contributed by atoms with Crippen molar-refractivity contribution in [2.45, 2.75) is 5.41 Å². The van der Waals surface area contributed by atoms with Crippen molar-refractivity contribution in [1.82, 2.24) is 0 Å². The second-order valence-corrected chi connectivity index (χ2v) is 11.9. The number of benzene rings is 8. The Labute approximate surface area is 283 Å². The molecule has 1 spiro atoms. The van der Waals surface area contributed by atoms with Crippen molar-refractivity contribution < 1.29 is 21.2 Å². The van der Waals surface area contributed by atoms with Crippen molar-refractivity contribution in [3.63, 3.8) is 0 Å². The summed E-state index contributed by atoms with van der Waals surface area (Å²) in [5, 5.41) is 0.378. The molecule has 0 aromatic heterocycles. The van der Waals surface area contributed by atoms with E-state index in [1.165, 1.54) is 0 Å². The third-order valence-electron chi connectivity index (χ3n) is 9.78. The molecule has 1 unspecified atom stereocenters. The summed E-state index contributed by atoms with van der Waals surface area (Å²) < 4.78 is 112.